The van der Waals surface area contributed by atoms with Crippen LogP contribution >= 0.6 is 23.2 Å². The molecule has 5 aromatic rings. The van der Waals surface area contributed by atoms with Gasteiger partial charge in [-0.15, -0.1) is 0 Å². The van der Waals surface area contributed by atoms with Gasteiger partial charge >= 0.3 is 0 Å². The first-order chi connectivity index (χ1) is 18.5. The lowest BCUT2D eigenvalue weighted by Crippen LogP contribution is -2.00. The molecule has 0 atom stereocenters. The molecule has 0 spiro atoms. The second kappa shape index (κ2) is 10.3. The predicted molar refractivity (Wildman–Crippen MR) is 144 cm³/mol. The number of halogens is 2. The summed E-state index contributed by atoms with van der Waals surface area (Å²) in [5.41, 5.74) is 2.28. The van der Waals surface area contributed by atoms with Crippen LogP contribution in [0.1, 0.15) is 41.9 Å². The van der Waals surface area contributed by atoms with Crippen molar-refractivity contribution < 1.29 is 24.2 Å². The average molecular weight is 549 g/mol. The van der Waals surface area contributed by atoms with Gasteiger partial charge < -0.3 is 24.2 Å². The Labute approximate surface area is 228 Å². The number of aliphatic hydroxyl groups is 2. The quantitative estimate of drug-likeness (QED) is 0.194. The van der Waals surface area contributed by atoms with Crippen LogP contribution in [0.25, 0.3) is 22.0 Å². The van der Waals surface area contributed by atoms with E-state index in [2.05, 4.69) is 10.1 Å². The predicted octanol–water partition coefficient (Wildman–Crippen LogP) is 7.43. The third kappa shape index (κ3) is 4.93. The van der Waals surface area contributed by atoms with Crippen molar-refractivity contribution in [1.82, 2.24) is 10.1 Å². The Morgan fingerprint density at radius 3 is 2.34 bits per heavy atom. The number of nitrogens with zero attached hydrogens (tertiary/aromatic N) is 2. The summed E-state index contributed by atoms with van der Waals surface area (Å²) in [5, 5.41) is 26.3. The van der Waals surface area contributed by atoms with Gasteiger partial charge in [-0.1, -0.05) is 46.6 Å². The van der Waals surface area contributed by atoms with Crippen LogP contribution in [-0.2, 0) is 6.61 Å². The summed E-state index contributed by atoms with van der Waals surface area (Å²) in [6, 6.07) is 19.8. The molecule has 0 aliphatic heterocycles. The third-order valence-electron chi connectivity index (χ3n) is 6.43. The van der Waals surface area contributed by atoms with Crippen LogP contribution in [0.2, 0.25) is 10.0 Å². The standard InChI is InChI=1S/C29H22Cl2N2O5/c30-23-4-1-5-24(31)25(23)26-22(27(38-33-26)16-6-7-16)15-36-19-10-8-18-14-20(11-9-17(18)13-19)37-28-21(29(34)35)3-2-12-32-28/h1-5,8-14,16,29,34-35H,6-7,15H2. The molecule has 2 aromatic heterocycles. The Morgan fingerprint density at radius 1 is 0.921 bits per heavy atom. The molecule has 3 aromatic carbocycles. The normalized spacial score (nSPS) is 13.3. The summed E-state index contributed by atoms with van der Waals surface area (Å²) in [6.07, 6.45) is 1.95. The highest BCUT2D eigenvalue weighted by Gasteiger charge is 2.33. The molecule has 0 radical (unpaired) electrons. The number of pyridine rings is 1. The lowest BCUT2D eigenvalue weighted by Gasteiger charge is -2.12. The fraction of sp³-hybridized carbons (Fsp3) is 0.172. The van der Waals surface area contributed by atoms with Crippen molar-refractivity contribution in [2.75, 3.05) is 0 Å². The average Bonchev–Trinajstić information content (AvgIpc) is 3.67. The molecule has 1 aliphatic carbocycles. The lowest BCUT2D eigenvalue weighted by molar-refractivity contribution is -0.0440. The molecule has 1 saturated carbocycles. The van der Waals surface area contributed by atoms with E-state index in [1.807, 2.05) is 30.3 Å². The van der Waals surface area contributed by atoms with Crippen molar-refractivity contribution in [3.63, 3.8) is 0 Å². The van der Waals surface area contributed by atoms with Gasteiger partial charge in [-0.2, -0.15) is 0 Å². The first kappa shape index (κ1) is 24.7. The molecular weight excluding hydrogens is 527 g/mol. The molecule has 1 aliphatic rings. The van der Waals surface area contributed by atoms with Crippen molar-refractivity contribution in [3.05, 3.63) is 99.9 Å². The van der Waals surface area contributed by atoms with E-state index in [1.165, 1.54) is 6.20 Å². The van der Waals surface area contributed by atoms with Gasteiger partial charge in [0.25, 0.3) is 0 Å². The molecule has 7 nitrogen and oxygen atoms in total. The molecule has 9 heteroatoms. The monoisotopic (exact) mass is 548 g/mol. The van der Waals surface area contributed by atoms with Crippen LogP contribution in [0.3, 0.4) is 0 Å². The van der Waals surface area contributed by atoms with Crippen molar-refractivity contribution in [2.24, 2.45) is 0 Å². The molecule has 1 fully saturated rings. The Hall–Kier alpha value is -3.62. The summed E-state index contributed by atoms with van der Waals surface area (Å²) in [4.78, 5) is 4.11. The summed E-state index contributed by atoms with van der Waals surface area (Å²) in [5.74, 6) is 2.49. The minimum atomic E-state index is -1.68. The van der Waals surface area contributed by atoms with Crippen molar-refractivity contribution in [3.8, 4) is 28.6 Å². The van der Waals surface area contributed by atoms with E-state index in [0.717, 1.165) is 34.9 Å². The largest absolute Gasteiger partial charge is 0.489 e. The maximum absolute atomic E-state index is 9.56. The van der Waals surface area contributed by atoms with Crippen LogP contribution in [0.5, 0.6) is 17.4 Å². The Morgan fingerprint density at radius 2 is 1.63 bits per heavy atom. The molecule has 0 saturated heterocycles. The molecule has 192 valence electrons. The number of hydrogen-bond donors (Lipinski definition) is 2. The molecule has 38 heavy (non-hydrogen) atoms. The fourth-order valence-electron chi connectivity index (χ4n) is 4.36. The molecule has 2 N–H and O–H groups in total. The number of fused-ring (bicyclic) bond motifs is 1. The van der Waals surface area contributed by atoms with E-state index >= 15 is 0 Å². The van der Waals surface area contributed by atoms with Gasteiger partial charge in [0.2, 0.25) is 5.88 Å². The van der Waals surface area contributed by atoms with E-state index in [4.69, 9.17) is 37.2 Å². The summed E-state index contributed by atoms with van der Waals surface area (Å²) in [7, 11) is 0. The number of ether oxygens (including phenoxy) is 2. The fourth-order valence-corrected chi connectivity index (χ4v) is 4.93. The zero-order valence-corrected chi connectivity index (χ0v) is 21.5. The van der Waals surface area contributed by atoms with Crippen LogP contribution in [-0.4, -0.2) is 20.4 Å². The van der Waals surface area contributed by atoms with Crippen LogP contribution in [0.4, 0.5) is 0 Å². The van der Waals surface area contributed by atoms with Gasteiger partial charge in [0.1, 0.15) is 29.6 Å². The number of rotatable bonds is 8. The highest BCUT2D eigenvalue weighted by atomic mass is 35.5. The maximum atomic E-state index is 9.56. The minimum Gasteiger partial charge on any atom is -0.489 e. The van der Waals surface area contributed by atoms with Crippen LogP contribution < -0.4 is 9.47 Å². The molecule has 6 rings (SSSR count). The zero-order valence-electron chi connectivity index (χ0n) is 20.0. The maximum Gasteiger partial charge on any atom is 0.227 e. The third-order valence-corrected chi connectivity index (χ3v) is 7.06. The Bertz CT molecular complexity index is 1610. The summed E-state index contributed by atoms with van der Waals surface area (Å²) < 4.78 is 17.8. The SMILES string of the molecule is OC(O)c1cccnc1Oc1ccc2cc(OCc3c(-c4c(Cl)cccc4Cl)noc3C3CC3)ccc2c1. The van der Waals surface area contributed by atoms with E-state index in [0.29, 0.717) is 38.7 Å². The van der Waals surface area contributed by atoms with Crippen LogP contribution in [0, 0.1) is 0 Å². The second-order valence-corrected chi connectivity index (χ2v) is 9.89. The van der Waals surface area contributed by atoms with Crippen molar-refractivity contribution in [1.29, 1.82) is 0 Å². The number of aromatic nitrogens is 2. The Balaban J connectivity index is 1.24. The first-order valence-corrected chi connectivity index (χ1v) is 12.8. The van der Waals surface area contributed by atoms with E-state index in [1.54, 1.807) is 36.4 Å². The highest BCUT2D eigenvalue weighted by Crippen LogP contribution is 2.46. The van der Waals surface area contributed by atoms with Crippen molar-refractivity contribution >= 4 is 34.0 Å². The lowest BCUT2D eigenvalue weighted by atomic mass is 10.0. The summed E-state index contributed by atoms with van der Waals surface area (Å²) in [6.45, 7) is 0.255. The summed E-state index contributed by atoms with van der Waals surface area (Å²) >= 11 is 12.9. The van der Waals surface area contributed by atoms with Gasteiger partial charge in [-0.3, -0.25) is 0 Å². The smallest absolute Gasteiger partial charge is 0.227 e. The first-order valence-electron chi connectivity index (χ1n) is 12.1. The molecular formula is C29H22Cl2N2O5. The molecule has 0 amide bonds. The second-order valence-electron chi connectivity index (χ2n) is 9.08. The molecule has 2 heterocycles. The highest BCUT2D eigenvalue weighted by molar-refractivity contribution is 6.39. The van der Waals surface area contributed by atoms with E-state index in [-0.39, 0.29) is 18.1 Å². The number of aliphatic hydroxyl groups excluding tert-OH is 1. The van der Waals surface area contributed by atoms with E-state index in [9.17, 15) is 10.2 Å². The minimum absolute atomic E-state index is 0.136. The molecule has 0 unspecified atom stereocenters. The van der Waals surface area contributed by atoms with Gasteiger partial charge in [0.05, 0.1) is 21.2 Å². The van der Waals surface area contributed by atoms with Gasteiger partial charge in [0.15, 0.2) is 6.29 Å². The molecule has 0 bridgehead atoms. The Kier molecular flexibility index (Phi) is 6.68. The number of benzene rings is 3. The number of hydrogen-bond acceptors (Lipinski definition) is 7. The zero-order chi connectivity index (χ0) is 26.2. The van der Waals surface area contributed by atoms with E-state index < -0.39 is 6.29 Å². The topological polar surface area (TPSA) is 97.8 Å². The van der Waals surface area contributed by atoms with Gasteiger partial charge in [-0.05, 0) is 72.1 Å². The van der Waals surface area contributed by atoms with Crippen LogP contribution in [0.15, 0.2) is 77.4 Å². The van der Waals surface area contributed by atoms with Crippen molar-refractivity contribution in [2.45, 2.75) is 31.7 Å². The van der Waals surface area contributed by atoms with Gasteiger partial charge in [-0.25, -0.2) is 4.98 Å². The van der Waals surface area contributed by atoms with Gasteiger partial charge in [0, 0.05) is 17.7 Å².